The zero-order valence-electron chi connectivity index (χ0n) is 22.5. The maximum Gasteiger partial charge on any atom is 0.398 e. The summed E-state index contributed by atoms with van der Waals surface area (Å²) in [5.74, 6) is -1.38. The molecule has 0 saturated heterocycles. The largest absolute Gasteiger partial charge is 0.433 e. The third-order valence-electron chi connectivity index (χ3n) is 6.94. The van der Waals surface area contributed by atoms with E-state index in [9.17, 15) is 17.6 Å². The van der Waals surface area contributed by atoms with E-state index in [4.69, 9.17) is 4.74 Å². The van der Waals surface area contributed by atoms with E-state index < -0.39 is 24.2 Å². The first-order valence-corrected chi connectivity index (χ1v) is 13.6. The summed E-state index contributed by atoms with van der Waals surface area (Å²) in [5.41, 5.74) is 4.31. The lowest BCUT2D eigenvalue weighted by atomic mass is 9.98. The summed E-state index contributed by atoms with van der Waals surface area (Å²) in [6.07, 6.45) is 1.68. The zero-order valence-corrected chi connectivity index (χ0v) is 22.5. The van der Waals surface area contributed by atoms with E-state index in [1.165, 1.54) is 48.4 Å². The van der Waals surface area contributed by atoms with Crippen LogP contribution in [0.15, 0.2) is 84.9 Å². The second kappa shape index (κ2) is 13.0. The van der Waals surface area contributed by atoms with Crippen molar-refractivity contribution in [2.24, 2.45) is 0 Å². The minimum absolute atomic E-state index is 0.0106. The van der Waals surface area contributed by atoms with Crippen LogP contribution in [-0.2, 0) is 19.3 Å². The third kappa shape index (κ3) is 7.72. The van der Waals surface area contributed by atoms with Crippen LogP contribution in [0.1, 0.15) is 56.2 Å². The van der Waals surface area contributed by atoms with Gasteiger partial charge >= 0.3 is 6.11 Å². The summed E-state index contributed by atoms with van der Waals surface area (Å²) in [4.78, 5) is 0. The standard InChI is InChI=1S/C34H34F4O/c1-3-5-6-7-25-8-10-26(11-9-25)20-21-34(37,38)39-30-18-16-27(17-19-30)29-22-31(35)33(32(36)23-29)28-14-12-24(4-2)13-15-28/h8-19,22-23H,3-7,20-21H2,1-2H3. The first kappa shape index (κ1) is 28.4. The van der Waals surface area contributed by atoms with E-state index in [2.05, 4.69) is 6.92 Å². The number of unbranched alkanes of at least 4 members (excludes halogenated alkanes) is 2. The second-order valence-corrected chi connectivity index (χ2v) is 9.90. The van der Waals surface area contributed by atoms with Gasteiger partial charge in [-0.05, 0) is 83.3 Å². The average Bonchev–Trinajstić information content (AvgIpc) is 2.93. The number of benzene rings is 4. The first-order chi connectivity index (χ1) is 18.8. The van der Waals surface area contributed by atoms with Crippen LogP contribution in [0.2, 0.25) is 0 Å². The number of halogens is 4. The lowest BCUT2D eigenvalue weighted by Gasteiger charge is -2.18. The molecule has 4 rings (SSSR count). The van der Waals surface area contributed by atoms with Gasteiger partial charge in [0, 0.05) is 0 Å². The fourth-order valence-corrected chi connectivity index (χ4v) is 4.60. The van der Waals surface area contributed by atoms with Gasteiger partial charge in [0.05, 0.1) is 12.0 Å². The van der Waals surface area contributed by atoms with Crippen LogP contribution in [0.3, 0.4) is 0 Å². The smallest absolute Gasteiger partial charge is 0.398 e. The maximum atomic E-state index is 14.9. The van der Waals surface area contributed by atoms with E-state index in [1.807, 2.05) is 43.3 Å². The molecule has 0 aromatic heterocycles. The van der Waals surface area contributed by atoms with Gasteiger partial charge in [-0.15, -0.1) is 0 Å². The van der Waals surface area contributed by atoms with Crippen LogP contribution in [0.4, 0.5) is 17.6 Å². The number of hydrogen-bond acceptors (Lipinski definition) is 1. The van der Waals surface area contributed by atoms with Crippen LogP contribution in [0.25, 0.3) is 22.3 Å². The van der Waals surface area contributed by atoms with Gasteiger partial charge in [-0.25, -0.2) is 8.78 Å². The van der Waals surface area contributed by atoms with Gasteiger partial charge in [0.1, 0.15) is 17.4 Å². The summed E-state index contributed by atoms with van der Waals surface area (Å²) in [5, 5.41) is 0. The van der Waals surface area contributed by atoms with Crippen LogP contribution in [0.5, 0.6) is 5.75 Å². The molecule has 0 saturated carbocycles. The number of ether oxygens (including phenoxy) is 1. The normalized spacial score (nSPS) is 11.5. The van der Waals surface area contributed by atoms with E-state index >= 15 is 0 Å². The quantitative estimate of drug-likeness (QED) is 0.130. The van der Waals surface area contributed by atoms with Crippen molar-refractivity contribution in [2.45, 2.75) is 64.9 Å². The average molecular weight is 535 g/mol. The minimum atomic E-state index is -3.35. The van der Waals surface area contributed by atoms with Gasteiger partial charge in [0.25, 0.3) is 0 Å². The topological polar surface area (TPSA) is 9.23 Å². The number of hydrogen-bond donors (Lipinski definition) is 0. The highest BCUT2D eigenvalue weighted by molar-refractivity contribution is 5.72. The van der Waals surface area contributed by atoms with Crippen LogP contribution in [-0.4, -0.2) is 6.11 Å². The van der Waals surface area contributed by atoms with Gasteiger partial charge in [-0.2, -0.15) is 8.78 Å². The molecule has 0 amide bonds. The molecule has 0 radical (unpaired) electrons. The number of rotatable bonds is 12. The first-order valence-electron chi connectivity index (χ1n) is 13.6. The molecule has 0 spiro atoms. The summed E-state index contributed by atoms with van der Waals surface area (Å²) < 4.78 is 63.9. The molecule has 0 aliphatic carbocycles. The zero-order chi connectivity index (χ0) is 27.8. The van der Waals surface area contributed by atoms with Gasteiger partial charge in [0.15, 0.2) is 0 Å². The molecule has 204 valence electrons. The second-order valence-electron chi connectivity index (χ2n) is 9.90. The number of aryl methyl sites for hydroxylation is 3. The van der Waals surface area contributed by atoms with Crippen LogP contribution >= 0.6 is 0 Å². The molecule has 0 bridgehead atoms. The Balaban J connectivity index is 1.38. The predicted molar refractivity (Wildman–Crippen MR) is 150 cm³/mol. The number of alkyl halides is 2. The molecule has 0 N–H and O–H groups in total. The van der Waals surface area contributed by atoms with Crippen molar-refractivity contribution in [1.29, 1.82) is 0 Å². The lowest BCUT2D eigenvalue weighted by Crippen LogP contribution is -2.25. The Hall–Kier alpha value is -3.60. The van der Waals surface area contributed by atoms with Gasteiger partial charge < -0.3 is 4.74 Å². The minimum Gasteiger partial charge on any atom is -0.433 e. The lowest BCUT2D eigenvalue weighted by molar-refractivity contribution is -0.180. The molecule has 0 fully saturated rings. The summed E-state index contributed by atoms with van der Waals surface area (Å²) in [6, 6.07) is 23.2. The Kier molecular flexibility index (Phi) is 9.45. The van der Waals surface area contributed by atoms with Crippen molar-refractivity contribution < 1.29 is 22.3 Å². The molecule has 4 aromatic rings. The van der Waals surface area contributed by atoms with E-state index in [-0.39, 0.29) is 17.7 Å². The van der Waals surface area contributed by atoms with E-state index in [0.29, 0.717) is 16.7 Å². The molecule has 0 aliphatic heterocycles. The fourth-order valence-electron chi connectivity index (χ4n) is 4.60. The third-order valence-corrected chi connectivity index (χ3v) is 6.94. The van der Waals surface area contributed by atoms with Crippen molar-refractivity contribution in [3.63, 3.8) is 0 Å². The van der Waals surface area contributed by atoms with Crippen LogP contribution < -0.4 is 4.74 Å². The molecule has 39 heavy (non-hydrogen) atoms. The SMILES string of the molecule is CCCCCc1ccc(CCC(F)(F)Oc2ccc(-c3cc(F)c(-c4ccc(CC)cc4)c(F)c3)cc2)cc1. The molecular weight excluding hydrogens is 500 g/mol. The van der Waals surface area contributed by atoms with Gasteiger partial charge in [-0.1, -0.05) is 87.4 Å². The highest BCUT2D eigenvalue weighted by Crippen LogP contribution is 2.33. The Bertz CT molecular complexity index is 1320. The molecule has 0 aliphatic rings. The molecule has 5 heteroatoms. The van der Waals surface area contributed by atoms with Gasteiger partial charge in [-0.3, -0.25) is 0 Å². The Morgan fingerprint density at radius 1 is 0.615 bits per heavy atom. The summed E-state index contributed by atoms with van der Waals surface area (Å²) >= 11 is 0. The molecule has 0 atom stereocenters. The predicted octanol–water partition coefficient (Wildman–Crippen LogP) is 10.2. The van der Waals surface area contributed by atoms with Crippen molar-refractivity contribution in [3.05, 3.63) is 113 Å². The monoisotopic (exact) mass is 534 g/mol. The van der Waals surface area contributed by atoms with Crippen molar-refractivity contribution in [1.82, 2.24) is 0 Å². The van der Waals surface area contributed by atoms with E-state index in [1.54, 1.807) is 12.1 Å². The summed E-state index contributed by atoms with van der Waals surface area (Å²) in [7, 11) is 0. The highest BCUT2D eigenvalue weighted by Gasteiger charge is 2.31. The molecule has 4 aromatic carbocycles. The van der Waals surface area contributed by atoms with Gasteiger partial charge in [0.2, 0.25) is 0 Å². The molecular formula is C34H34F4O. The van der Waals surface area contributed by atoms with Crippen molar-refractivity contribution in [3.8, 4) is 28.0 Å². The highest BCUT2D eigenvalue weighted by atomic mass is 19.3. The Morgan fingerprint density at radius 2 is 1.15 bits per heavy atom. The summed E-state index contributed by atoms with van der Waals surface area (Å²) in [6.45, 7) is 4.17. The van der Waals surface area contributed by atoms with E-state index in [0.717, 1.165) is 36.8 Å². The Labute approximate surface area is 228 Å². The Morgan fingerprint density at radius 3 is 1.72 bits per heavy atom. The van der Waals surface area contributed by atoms with Crippen molar-refractivity contribution in [2.75, 3.05) is 0 Å². The molecule has 0 heterocycles. The van der Waals surface area contributed by atoms with Crippen LogP contribution in [0, 0.1) is 11.6 Å². The van der Waals surface area contributed by atoms with Crippen molar-refractivity contribution >= 4 is 0 Å². The maximum absolute atomic E-state index is 14.9. The molecule has 1 nitrogen and oxygen atoms in total. The fraction of sp³-hybridized carbons (Fsp3) is 0.294. The molecule has 0 unspecified atom stereocenters.